The molecule has 1 amide bonds. The Morgan fingerprint density at radius 2 is 2.24 bits per heavy atom. The number of thiophene rings is 1. The molecule has 1 aliphatic rings. The SMILES string of the molecule is Cc1nc(-c2ccsc2)ccc1C(=O)NC(C(=O)O)C1CCCOC1. The second-order valence-corrected chi connectivity index (χ2v) is 6.89. The lowest BCUT2D eigenvalue weighted by Gasteiger charge is -2.28. The van der Waals surface area contributed by atoms with Crippen molar-refractivity contribution in [3.63, 3.8) is 0 Å². The van der Waals surface area contributed by atoms with Crippen LogP contribution in [0.15, 0.2) is 29.0 Å². The number of carbonyl (C=O) groups is 2. The van der Waals surface area contributed by atoms with Gasteiger partial charge in [0.25, 0.3) is 5.91 Å². The summed E-state index contributed by atoms with van der Waals surface area (Å²) in [5.41, 5.74) is 2.76. The van der Waals surface area contributed by atoms with Gasteiger partial charge in [-0.05, 0) is 43.3 Å². The Kier molecular flexibility index (Phi) is 5.45. The predicted molar refractivity (Wildman–Crippen MR) is 94.7 cm³/mol. The zero-order chi connectivity index (χ0) is 17.8. The van der Waals surface area contributed by atoms with E-state index in [0.29, 0.717) is 24.5 Å². The minimum atomic E-state index is -1.04. The number of pyridine rings is 1. The first kappa shape index (κ1) is 17.6. The molecule has 2 aromatic heterocycles. The van der Waals surface area contributed by atoms with Crippen LogP contribution in [0, 0.1) is 12.8 Å². The molecule has 1 saturated heterocycles. The maximum atomic E-state index is 12.6. The summed E-state index contributed by atoms with van der Waals surface area (Å²) >= 11 is 1.58. The molecular weight excluding hydrogens is 340 g/mol. The van der Waals surface area contributed by atoms with Crippen molar-refractivity contribution in [1.29, 1.82) is 0 Å². The van der Waals surface area contributed by atoms with Gasteiger partial charge in [-0.1, -0.05) is 0 Å². The molecule has 3 rings (SSSR count). The minimum absolute atomic E-state index is 0.214. The zero-order valence-electron chi connectivity index (χ0n) is 13.9. The highest BCUT2D eigenvalue weighted by Gasteiger charge is 2.32. The van der Waals surface area contributed by atoms with E-state index in [-0.39, 0.29) is 5.92 Å². The number of aromatic nitrogens is 1. The second kappa shape index (κ2) is 7.76. The summed E-state index contributed by atoms with van der Waals surface area (Å²) < 4.78 is 5.36. The summed E-state index contributed by atoms with van der Waals surface area (Å²) in [7, 11) is 0. The average molecular weight is 360 g/mol. The van der Waals surface area contributed by atoms with Gasteiger partial charge in [0.2, 0.25) is 0 Å². The fourth-order valence-electron chi connectivity index (χ4n) is 3.00. The van der Waals surface area contributed by atoms with Crippen LogP contribution >= 0.6 is 11.3 Å². The molecule has 1 fully saturated rings. The molecule has 2 aromatic rings. The number of aliphatic carboxylic acids is 1. The smallest absolute Gasteiger partial charge is 0.326 e. The van der Waals surface area contributed by atoms with Gasteiger partial charge in [-0.2, -0.15) is 11.3 Å². The zero-order valence-corrected chi connectivity index (χ0v) is 14.7. The van der Waals surface area contributed by atoms with Crippen LogP contribution in [0.5, 0.6) is 0 Å². The van der Waals surface area contributed by atoms with E-state index in [2.05, 4.69) is 10.3 Å². The van der Waals surface area contributed by atoms with Crippen molar-refractivity contribution in [1.82, 2.24) is 10.3 Å². The Morgan fingerprint density at radius 1 is 1.40 bits per heavy atom. The second-order valence-electron chi connectivity index (χ2n) is 6.11. The van der Waals surface area contributed by atoms with Gasteiger partial charge in [-0.25, -0.2) is 4.79 Å². The molecule has 0 bridgehead atoms. The Bertz CT molecular complexity index is 754. The van der Waals surface area contributed by atoms with E-state index in [1.807, 2.05) is 16.8 Å². The largest absolute Gasteiger partial charge is 0.480 e. The average Bonchev–Trinajstić information content (AvgIpc) is 3.14. The Hall–Kier alpha value is -2.25. The lowest BCUT2D eigenvalue weighted by Crippen LogP contribution is -2.48. The summed E-state index contributed by atoms with van der Waals surface area (Å²) in [4.78, 5) is 28.6. The highest BCUT2D eigenvalue weighted by molar-refractivity contribution is 7.08. The molecule has 0 radical (unpaired) electrons. The van der Waals surface area contributed by atoms with E-state index in [9.17, 15) is 14.7 Å². The van der Waals surface area contributed by atoms with Crippen molar-refractivity contribution in [2.75, 3.05) is 13.2 Å². The van der Waals surface area contributed by atoms with Crippen molar-refractivity contribution in [3.8, 4) is 11.3 Å². The van der Waals surface area contributed by atoms with Crippen molar-refractivity contribution >= 4 is 23.2 Å². The first-order valence-corrected chi connectivity index (χ1v) is 9.12. The molecule has 6 nitrogen and oxygen atoms in total. The molecule has 0 aliphatic carbocycles. The molecule has 2 N–H and O–H groups in total. The van der Waals surface area contributed by atoms with Gasteiger partial charge in [0, 0.05) is 23.5 Å². The third-order valence-electron chi connectivity index (χ3n) is 4.37. The number of carboxylic acids is 1. The number of rotatable bonds is 5. The number of hydrogen-bond acceptors (Lipinski definition) is 5. The molecule has 0 spiro atoms. The molecule has 7 heteroatoms. The van der Waals surface area contributed by atoms with Gasteiger partial charge < -0.3 is 15.2 Å². The number of carbonyl (C=O) groups excluding carboxylic acids is 1. The van der Waals surface area contributed by atoms with E-state index in [4.69, 9.17) is 4.74 Å². The van der Waals surface area contributed by atoms with Crippen molar-refractivity contribution in [2.24, 2.45) is 5.92 Å². The number of nitrogens with zero attached hydrogens (tertiary/aromatic N) is 1. The highest BCUT2D eigenvalue weighted by Crippen LogP contribution is 2.22. The third-order valence-corrected chi connectivity index (χ3v) is 5.05. The standard InChI is InChI=1S/C18H20N2O4S/c1-11-14(4-5-15(19-11)13-6-8-25-10-13)17(21)20-16(18(22)23)12-3-2-7-24-9-12/h4-6,8,10,12,16H,2-3,7,9H2,1H3,(H,20,21)(H,22,23). The van der Waals surface area contributed by atoms with Crippen LogP contribution in [0.2, 0.25) is 0 Å². The van der Waals surface area contributed by atoms with Crippen LogP contribution in [0.4, 0.5) is 0 Å². The predicted octanol–water partition coefficient (Wildman–Crippen LogP) is 2.73. The van der Waals surface area contributed by atoms with Crippen molar-refractivity contribution < 1.29 is 19.4 Å². The first-order valence-electron chi connectivity index (χ1n) is 8.18. The van der Waals surface area contributed by atoms with Crippen LogP contribution < -0.4 is 5.32 Å². The van der Waals surface area contributed by atoms with Crippen LogP contribution in [0.3, 0.4) is 0 Å². The molecule has 2 atom stereocenters. The summed E-state index contributed by atoms with van der Waals surface area (Å²) in [6.07, 6.45) is 1.53. The van der Waals surface area contributed by atoms with E-state index < -0.39 is 17.9 Å². The Labute approximate surface area is 149 Å². The maximum Gasteiger partial charge on any atom is 0.326 e. The molecular formula is C18H20N2O4S. The number of carboxylic acid groups (broad SMARTS) is 1. The van der Waals surface area contributed by atoms with Gasteiger partial charge >= 0.3 is 5.97 Å². The van der Waals surface area contributed by atoms with Gasteiger partial charge in [0.05, 0.1) is 23.6 Å². The van der Waals surface area contributed by atoms with E-state index >= 15 is 0 Å². The fraction of sp³-hybridized carbons (Fsp3) is 0.389. The molecule has 0 saturated carbocycles. The lowest BCUT2D eigenvalue weighted by molar-refractivity contribution is -0.142. The van der Waals surface area contributed by atoms with Gasteiger partial charge in [0.15, 0.2) is 0 Å². The van der Waals surface area contributed by atoms with E-state index in [1.165, 1.54) is 0 Å². The van der Waals surface area contributed by atoms with E-state index in [1.54, 1.807) is 30.4 Å². The minimum Gasteiger partial charge on any atom is -0.480 e. The Balaban J connectivity index is 1.76. The fourth-order valence-corrected chi connectivity index (χ4v) is 3.65. The summed E-state index contributed by atoms with van der Waals surface area (Å²) in [6.45, 7) is 2.75. The van der Waals surface area contributed by atoms with Crippen LogP contribution in [-0.4, -0.2) is 41.2 Å². The van der Waals surface area contributed by atoms with Gasteiger partial charge in [-0.15, -0.1) is 0 Å². The summed E-state index contributed by atoms with van der Waals surface area (Å²) in [6, 6.07) is 4.49. The number of aryl methyl sites for hydroxylation is 1. The normalized spacial score (nSPS) is 18.5. The molecule has 3 heterocycles. The van der Waals surface area contributed by atoms with E-state index in [0.717, 1.165) is 24.1 Å². The molecule has 132 valence electrons. The number of ether oxygens (including phenoxy) is 1. The third kappa shape index (κ3) is 4.05. The van der Waals surface area contributed by atoms with Gasteiger partial charge in [0.1, 0.15) is 6.04 Å². The lowest BCUT2D eigenvalue weighted by atomic mass is 9.93. The summed E-state index contributed by atoms with van der Waals surface area (Å²) in [5, 5.41) is 16.1. The van der Waals surface area contributed by atoms with Gasteiger partial charge in [-0.3, -0.25) is 9.78 Å². The monoisotopic (exact) mass is 360 g/mol. The molecule has 0 aromatic carbocycles. The molecule has 2 unspecified atom stereocenters. The van der Waals surface area contributed by atoms with Crippen LogP contribution in [0.25, 0.3) is 11.3 Å². The quantitative estimate of drug-likeness (QED) is 0.856. The number of nitrogens with one attached hydrogen (secondary N) is 1. The van der Waals surface area contributed by atoms with Crippen molar-refractivity contribution in [3.05, 3.63) is 40.2 Å². The van der Waals surface area contributed by atoms with Crippen LogP contribution in [0.1, 0.15) is 28.9 Å². The maximum absolute atomic E-state index is 12.6. The van der Waals surface area contributed by atoms with Crippen molar-refractivity contribution in [2.45, 2.75) is 25.8 Å². The summed E-state index contributed by atoms with van der Waals surface area (Å²) in [5.74, 6) is -1.67. The Morgan fingerprint density at radius 3 is 2.84 bits per heavy atom. The molecule has 1 aliphatic heterocycles. The number of hydrogen-bond donors (Lipinski definition) is 2. The topological polar surface area (TPSA) is 88.5 Å². The molecule has 25 heavy (non-hydrogen) atoms. The highest BCUT2D eigenvalue weighted by atomic mass is 32.1. The first-order chi connectivity index (χ1) is 12.1. The number of amides is 1. The van der Waals surface area contributed by atoms with Crippen LogP contribution in [-0.2, 0) is 9.53 Å².